The Balaban J connectivity index is 1.69. The molecule has 1 atom stereocenters. The highest BCUT2D eigenvalue weighted by atomic mass is 32.2. The van der Waals surface area contributed by atoms with Gasteiger partial charge in [-0.05, 0) is 37.8 Å². The van der Waals surface area contributed by atoms with Gasteiger partial charge < -0.3 is 4.74 Å². The van der Waals surface area contributed by atoms with E-state index in [1.165, 1.54) is 6.26 Å². The minimum absolute atomic E-state index is 0.0210. The molecule has 3 rings (SSSR count). The quantitative estimate of drug-likeness (QED) is 0.802. The van der Waals surface area contributed by atoms with Crippen molar-refractivity contribution in [2.45, 2.75) is 43.8 Å². The van der Waals surface area contributed by atoms with Crippen LogP contribution in [0.2, 0.25) is 0 Å². The van der Waals surface area contributed by atoms with E-state index < -0.39 is 10.0 Å². The number of aromatic nitrogens is 1. The molecule has 0 saturated carbocycles. The minimum Gasteiger partial charge on any atom is -0.383 e. The lowest BCUT2D eigenvalue weighted by Gasteiger charge is -2.45. The SMILES string of the molecule is COC[C@H]1CCC2(CCN(Cc3ccccn3)CC2)N1S(C)(=O)=O. The molecule has 2 fully saturated rings. The van der Waals surface area contributed by atoms with Crippen molar-refractivity contribution in [1.82, 2.24) is 14.2 Å². The number of hydrogen-bond donors (Lipinski definition) is 0. The van der Waals surface area contributed by atoms with Crippen LogP contribution >= 0.6 is 0 Å². The summed E-state index contributed by atoms with van der Waals surface area (Å²) in [5.41, 5.74) is 0.842. The smallest absolute Gasteiger partial charge is 0.212 e. The Hall–Kier alpha value is -1.02. The summed E-state index contributed by atoms with van der Waals surface area (Å²) in [5.74, 6) is 0. The van der Waals surface area contributed by atoms with Gasteiger partial charge in [-0.3, -0.25) is 9.88 Å². The maximum absolute atomic E-state index is 12.4. The summed E-state index contributed by atoms with van der Waals surface area (Å²) in [7, 11) is -1.60. The molecule has 134 valence electrons. The average molecular weight is 353 g/mol. The van der Waals surface area contributed by atoms with Crippen molar-refractivity contribution >= 4 is 10.0 Å². The summed E-state index contributed by atoms with van der Waals surface area (Å²) in [5, 5.41) is 0. The monoisotopic (exact) mass is 353 g/mol. The van der Waals surface area contributed by atoms with E-state index in [0.29, 0.717) is 6.61 Å². The van der Waals surface area contributed by atoms with Gasteiger partial charge in [-0.1, -0.05) is 6.07 Å². The van der Waals surface area contributed by atoms with Crippen LogP contribution in [0.1, 0.15) is 31.4 Å². The zero-order valence-electron chi connectivity index (χ0n) is 14.5. The Bertz CT molecular complexity index is 642. The second-order valence-electron chi connectivity index (χ2n) is 7.03. The molecule has 24 heavy (non-hydrogen) atoms. The number of likely N-dealkylation sites (tertiary alicyclic amines) is 1. The molecule has 0 aliphatic carbocycles. The number of pyridine rings is 1. The van der Waals surface area contributed by atoms with Crippen LogP contribution in [0.15, 0.2) is 24.4 Å². The summed E-state index contributed by atoms with van der Waals surface area (Å²) in [6.07, 6.45) is 6.74. The van der Waals surface area contributed by atoms with E-state index in [9.17, 15) is 8.42 Å². The van der Waals surface area contributed by atoms with E-state index in [0.717, 1.165) is 51.0 Å². The summed E-state index contributed by atoms with van der Waals surface area (Å²) in [6.45, 7) is 3.12. The average Bonchev–Trinajstić information content (AvgIpc) is 2.90. The number of rotatable bonds is 5. The largest absolute Gasteiger partial charge is 0.383 e. The Kier molecular flexibility index (Phi) is 5.24. The molecule has 0 aromatic carbocycles. The first-order valence-corrected chi connectivity index (χ1v) is 10.4. The van der Waals surface area contributed by atoms with E-state index in [4.69, 9.17) is 4.74 Å². The van der Waals surface area contributed by atoms with Gasteiger partial charge in [0.25, 0.3) is 0 Å². The summed E-state index contributed by atoms with van der Waals surface area (Å²) in [6, 6.07) is 5.95. The molecule has 0 bridgehead atoms. The van der Waals surface area contributed by atoms with Crippen LogP contribution in [-0.2, 0) is 21.3 Å². The zero-order valence-corrected chi connectivity index (χ0v) is 15.3. The van der Waals surface area contributed by atoms with Crippen molar-refractivity contribution in [3.63, 3.8) is 0 Å². The fourth-order valence-corrected chi connectivity index (χ4v) is 6.02. The molecule has 1 spiro atoms. The third kappa shape index (κ3) is 3.64. The molecular weight excluding hydrogens is 326 g/mol. The lowest BCUT2D eigenvalue weighted by molar-refractivity contribution is 0.0654. The first-order chi connectivity index (χ1) is 11.4. The molecule has 7 heteroatoms. The molecule has 6 nitrogen and oxygen atoms in total. The second-order valence-corrected chi connectivity index (χ2v) is 8.89. The summed E-state index contributed by atoms with van der Waals surface area (Å²) < 4.78 is 31.8. The van der Waals surface area contributed by atoms with Gasteiger partial charge in [0.05, 0.1) is 18.6 Å². The Labute approximate surface area is 144 Å². The topological polar surface area (TPSA) is 62.7 Å². The van der Waals surface area contributed by atoms with E-state index in [1.807, 2.05) is 24.4 Å². The highest BCUT2D eigenvalue weighted by Crippen LogP contribution is 2.43. The van der Waals surface area contributed by atoms with Crippen molar-refractivity contribution in [3.8, 4) is 0 Å². The number of piperidine rings is 1. The van der Waals surface area contributed by atoms with Crippen LogP contribution in [-0.4, -0.2) is 67.2 Å². The molecule has 0 unspecified atom stereocenters. The van der Waals surface area contributed by atoms with Crippen LogP contribution < -0.4 is 0 Å². The van der Waals surface area contributed by atoms with E-state index >= 15 is 0 Å². The molecule has 2 aliphatic heterocycles. The molecule has 1 aromatic rings. The number of hydrogen-bond acceptors (Lipinski definition) is 5. The van der Waals surface area contributed by atoms with Gasteiger partial charge in [-0.2, -0.15) is 4.31 Å². The van der Waals surface area contributed by atoms with Gasteiger partial charge in [0, 0.05) is 44.5 Å². The highest BCUT2D eigenvalue weighted by molar-refractivity contribution is 7.88. The summed E-state index contributed by atoms with van der Waals surface area (Å²) >= 11 is 0. The van der Waals surface area contributed by atoms with Crippen molar-refractivity contribution in [2.75, 3.05) is 33.1 Å². The second kappa shape index (κ2) is 7.07. The van der Waals surface area contributed by atoms with E-state index in [-0.39, 0.29) is 11.6 Å². The third-order valence-electron chi connectivity index (χ3n) is 5.36. The van der Waals surface area contributed by atoms with Crippen molar-refractivity contribution in [1.29, 1.82) is 0 Å². The first-order valence-electron chi connectivity index (χ1n) is 8.55. The van der Waals surface area contributed by atoms with E-state index in [1.54, 1.807) is 11.4 Å². The molecular formula is C17H27N3O3S. The fourth-order valence-electron chi connectivity index (χ4n) is 4.33. The van der Waals surface area contributed by atoms with Gasteiger partial charge >= 0.3 is 0 Å². The maximum Gasteiger partial charge on any atom is 0.212 e. The maximum atomic E-state index is 12.4. The molecule has 0 N–H and O–H groups in total. The van der Waals surface area contributed by atoms with Gasteiger partial charge in [-0.15, -0.1) is 0 Å². The van der Waals surface area contributed by atoms with Gasteiger partial charge in [0.2, 0.25) is 10.0 Å². The minimum atomic E-state index is -3.24. The Morgan fingerprint density at radius 2 is 2.04 bits per heavy atom. The molecule has 2 aliphatic rings. The molecule has 3 heterocycles. The highest BCUT2D eigenvalue weighted by Gasteiger charge is 2.51. The van der Waals surface area contributed by atoms with Gasteiger partial charge in [0.15, 0.2) is 0 Å². The lowest BCUT2D eigenvalue weighted by atomic mass is 9.86. The molecule has 0 amide bonds. The normalized spacial score (nSPS) is 25.3. The van der Waals surface area contributed by atoms with Crippen molar-refractivity contribution < 1.29 is 13.2 Å². The van der Waals surface area contributed by atoms with Crippen LogP contribution in [0.25, 0.3) is 0 Å². The van der Waals surface area contributed by atoms with Gasteiger partial charge in [-0.25, -0.2) is 8.42 Å². The fraction of sp³-hybridized carbons (Fsp3) is 0.706. The first kappa shape index (κ1) is 17.8. The number of sulfonamides is 1. The van der Waals surface area contributed by atoms with Gasteiger partial charge in [0.1, 0.15) is 0 Å². The predicted octanol–water partition coefficient (Wildman–Crippen LogP) is 1.49. The number of methoxy groups -OCH3 is 1. The van der Waals surface area contributed by atoms with Crippen LogP contribution in [0.5, 0.6) is 0 Å². The molecule has 0 radical (unpaired) electrons. The lowest BCUT2D eigenvalue weighted by Crippen LogP contribution is -2.56. The van der Waals surface area contributed by atoms with Crippen molar-refractivity contribution in [2.24, 2.45) is 0 Å². The van der Waals surface area contributed by atoms with Crippen LogP contribution in [0, 0.1) is 0 Å². The Morgan fingerprint density at radius 1 is 1.29 bits per heavy atom. The number of ether oxygens (including phenoxy) is 1. The summed E-state index contributed by atoms with van der Waals surface area (Å²) in [4.78, 5) is 6.76. The zero-order chi connectivity index (χ0) is 17.2. The van der Waals surface area contributed by atoms with E-state index in [2.05, 4.69) is 9.88 Å². The van der Waals surface area contributed by atoms with Crippen LogP contribution in [0.4, 0.5) is 0 Å². The van der Waals surface area contributed by atoms with Crippen LogP contribution in [0.3, 0.4) is 0 Å². The number of nitrogens with zero attached hydrogens (tertiary/aromatic N) is 3. The standard InChI is InChI=1S/C17H27N3O3S/c1-23-14-16-6-7-17(20(16)24(2,21)22)8-11-19(12-9-17)13-15-5-3-4-10-18-15/h3-5,10,16H,6-9,11-14H2,1-2H3/t16-/m1/s1. The molecule has 2 saturated heterocycles. The third-order valence-corrected chi connectivity index (χ3v) is 6.76. The predicted molar refractivity (Wildman–Crippen MR) is 93.1 cm³/mol. The molecule has 1 aromatic heterocycles. The van der Waals surface area contributed by atoms with Crippen molar-refractivity contribution in [3.05, 3.63) is 30.1 Å². The Morgan fingerprint density at radius 3 is 2.62 bits per heavy atom.